The van der Waals surface area contributed by atoms with E-state index in [9.17, 15) is 0 Å². The molecule has 1 aliphatic heterocycles. The van der Waals surface area contributed by atoms with Gasteiger partial charge < -0.3 is 0 Å². The molecule has 3 rings (SSSR count). The van der Waals surface area contributed by atoms with E-state index in [1.54, 1.807) is 11.8 Å². The number of nitrogens with zero attached hydrogens (tertiary/aromatic N) is 3. The first kappa shape index (κ1) is 11.0. The summed E-state index contributed by atoms with van der Waals surface area (Å²) in [5.74, 6) is 0.992. The molecule has 0 amide bonds. The molecule has 0 unspecified atom stereocenters. The normalized spacial score (nSPS) is 13.1. The summed E-state index contributed by atoms with van der Waals surface area (Å²) in [4.78, 5) is 0. The molecule has 0 N–H and O–H groups in total. The lowest BCUT2D eigenvalue weighted by Crippen LogP contribution is -1.97. The van der Waals surface area contributed by atoms with Crippen molar-refractivity contribution in [2.75, 3.05) is 6.26 Å². The van der Waals surface area contributed by atoms with E-state index in [1.165, 1.54) is 11.1 Å². The van der Waals surface area contributed by atoms with Crippen LogP contribution in [0.4, 0.5) is 0 Å². The summed E-state index contributed by atoms with van der Waals surface area (Å²) >= 11 is 5.11. The smallest absolute Gasteiger partial charge is 0.195 e. The van der Waals surface area contributed by atoms with Gasteiger partial charge in [0.05, 0.1) is 0 Å². The standard InChI is InChI=1S/C12H10BrN3S/c1-17-12-15-14-11-7-8-2-3-10(13)6-9(8)4-5-16(11)12/h2-6H,7H2,1H3. The number of halogens is 1. The van der Waals surface area contributed by atoms with Crippen LogP contribution in [0.1, 0.15) is 17.0 Å². The predicted molar refractivity (Wildman–Crippen MR) is 74.0 cm³/mol. The number of thioether (sulfide) groups is 1. The van der Waals surface area contributed by atoms with Crippen LogP contribution in [0.15, 0.2) is 27.8 Å². The SMILES string of the molecule is CSc1nnc2n1C=Cc1cc(Br)ccc1C2. The maximum Gasteiger partial charge on any atom is 0.195 e. The third-order valence-electron chi connectivity index (χ3n) is 2.78. The van der Waals surface area contributed by atoms with Gasteiger partial charge >= 0.3 is 0 Å². The van der Waals surface area contributed by atoms with Crippen LogP contribution < -0.4 is 0 Å². The summed E-state index contributed by atoms with van der Waals surface area (Å²) in [6, 6.07) is 6.32. The van der Waals surface area contributed by atoms with Crippen LogP contribution in [0.5, 0.6) is 0 Å². The van der Waals surface area contributed by atoms with Crippen molar-refractivity contribution in [3.63, 3.8) is 0 Å². The summed E-state index contributed by atoms with van der Waals surface area (Å²) in [6.07, 6.45) is 6.99. The molecule has 0 aliphatic carbocycles. The Balaban J connectivity index is 2.13. The molecule has 2 aromatic rings. The Morgan fingerprint density at radius 3 is 3.06 bits per heavy atom. The first-order chi connectivity index (χ1) is 8.28. The lowest BCUT2D eigenvalue weighted by atomic mass is 10.1. The van der Waals surface area contributed by atoms with Gasteiger partial charge in [0.15, 0.2) is 5.16 Å². The highest BCUT2D eigenvalue weighted by atomic mass is 79.9. The van der Waals surface area contributed by atoms with Crippen LogP contribution in [-0.4, -0.2) is 21.0 Å². The average molecular weight is 308 g/mol. The van der Waals surface area contributed by atoms with Gasteiger partial charge in [-0.25, -0.2) is 0 Å². The van der Waals surface area contributed by atoms with Crippen molar-refractivity contribution in [3.8, 4) is 0 Å². The first-order valence-electron chi connectivity index (χ1n) is 5.22. The van der Waals surface area contributed by atoms with Crippen LogP contribution in [0.25, 0.3) is 12.3 Å². The third-order valence-corrected chi connectivity index (χ3v) is 3.91. The molecule has 0 atom stereocenters. The van der Waals surface area contributed by atoms with Gasteiger partial charge in [-0.1, -0.05) is 33.8 Å². The molecule has 1 aromatic heterocycles. The summed E-state index contributed by atoms with van der Waals surface area (Å²) in [7, 11) is 0. The summed E-state index contributed by atoms with van der Waals surface area (Å²) in [5.41, 5.74) is 2.51. The Morgan fingerprint density at radius 2 is 2.24 bits per heavy atom. The van der Waals surface area contributed by atoms with Crippen LogP contribution >= 0.6 is 27.7 Å². The Labute approximate surface area is 112 Å². The highest BCUT2D eigenvalue weighted by molar-refractivity contribution is 9.10. The van der Waals surface area contributed by atoms with Gasteiger partial charge in [-0.15, -0.1) is 10.2 Å². The van der Waals surface area contributed by atoms with Crippen molar-refractivity contribution in [1.29, 1.82) is 0 Å². The first-order valence-corrected chi connectivity index (χ1v) is 7.24. The monoisotopic (exact) mass is 307 g/mol. The van der Waals surface area contributed by atoms with Gasteiger partial charge in [0.25, 0.3) is 0 Å². The van der Waals surface area contributed by atoms with Gasteiger partial charge in [0.1, 0.15) is 5.82 Å². The maximum absolute atomic E-state index is 4.24. The van der Waals surface area contributed by atoms with Crippen molar-refractivity contribution < 1.29 is 0 Å². The molecular weight excluding hydrogens is 298 g/mol. The van der Waals surface area contributed by atoms with E-state index < -0.39 is 0 Å². The minimum atomic E-state index is 0.823. The molecule has 1 aliphatic rings. The van der Waals surface area contributed by atoms with Crippen LogP contribution in [0, 0.1) is 0 Å². The fraction of sp³-hybridized carbons (Fsp3) is 0.167. The van der Waals surface area contributed by atoms with E-state index in [4.69, 9.17) is 0 Å². The molecule has 0 saturated heterocycles. The lowest BCUT2D eigenvalue weighted by Gasteiger charge is -2.02. The van der Waals surface area contributed by atoms with Crippen molar-refractivity contribution in [3.05, 3.63) is 39.6 Å². The summed E-state index contributed by atoms with van der Waals surface area (Å²) < 4.78 is 3.15. The molecule has 0 radical (unpaired) electrons. The molecule has 0 spiro atoms. The Bertz CT molecular complexity index is 604. The molecule has 0 saturated carbocycles. The van der Waals surface area contributed by atoms with E-state index in [2.05, 4.69) is 55.0 Å². The van der Waals surface area contributed by atoms with Gasteiger partial charge in [0.2, 0.25) is 0 Å². The summed E-state index contributed by atoms with van der Waals surface area (Å²) in [6.45, 7) is 0. The zero-order valence-electron chi connectivity index (χ0n) is 9.22. The second-order valence-electron chi connectivity index (χ2n) is 3.81. The Morgan fingerprint density at radius 1 is 1.35 bits per heavy atom. The Hall–Kier alpha value is -1.07. The number of hydrogen-bond donors (Lipinski definition) is 0. The third kappa shape index (κ3) is 1.93. The van der Waals surface area contributed by atoms with Crippen LogP contribution in [0.2, 0.25) is 0 Å². The lowest BCUT2D eigenvalue weighted by molar-refractivity contribution is 0.901. The quantitative estimate of drug-likeness (QED) is 0.646. The minimum Gasteiger partial charge on any atom is -0.281 e. The number of hydrogen-bond acceptors (Lipinski definition) is 3. The molecule has 0 bridgehead atoms. The molecular formula is C12H10BrN3S. The van der Waals surface area contributed by atoms with E-state index in [0.717, 1.165) is 21.9 Å². The van der Waals surface area contributed by atoms with Crippen molar-refractivity contribution in [2.45, 2.75) is 11.6 Å². The molecule has 17 heavy (non-hydrogen) atoms. The zero-order valence-corrected chi connectivity index (χ0v) is 11.6. The molecule has 2 heterocycles. The molecule has 1 aromatic carbocycles. The average Bonchev–Trinajstić information content (AvgIpc) is 2.63. The van der Waals surface area contributed by atoms with Crippen LogP contribution in [0.3, 0.4) is 0 Å². The van der Waals surface area contributed by atoms with Gasteiger partial charge in [-0.3, -0.25) is 4.57 Å². The van der Waals surface area contributed by atoms with E-state index >= 15 is 0 Å². The molecule has 0 fully saturated rings. The maximum atomic E-state index is 4.24. The Kier molecular flexibility index (Phi) is 2.80. The van der Waals surface area contributed by atoms with Crippen molar-refractivity contribution >= 4 is 40.0 Å². The second-order valence-corrected chi connectivity index (χ2v) is 5.50. The largest absolute Gasteiger partial charge is 0.281 e. The van der Waals surface area contributed by atoms with Crippen molar-refractivity contribution in [1.82, 2.24) is 14.8 Å². The van der Waals surface area contributed by atoms with E-state index in [0.29, 0.717) is 0 Å². The topological polar surface area (TPSA) is 30.7 Å². The molecule has 86 valence electrons. The van der Waals surface area contributed by atoms with E-state index in [1.807, 2.05) is 12.5 Å². The minimum absolute atomic E-state index is 0.823. The van der Waals surface area contributed by atoms with Gasteiger partial charge in [-0.2, -0.15) is 0 Å². The van der Waals surface area contributed by atoms with Gasteiger partial charge in [0, 0.05) is 17.1 Å². The highest BCUT2D eigenvalue weighted by Gasteiger charge is 2.14. The zero-order chi connectivity index (χ0) is 11.8. The highest BCUT2D eigenvalue weighted by Crippen LogP contribution is 2.25. The van der Waals surface area contributed by atoms with E-state index in [-0.39, 0.29) is 0 Å². The van der Waals surface area contributed by atoms with Crippen LogP contribution in [-0.2, 0) is 6.42 Å². The number of rotatable bonds is 1. The van der Waals surface area contributed by atoms with Crippen molar-refractivity contribution in [2.24, 2.45) is 0 Å². The fourth-order valence-electron chi connectivity index (χ4n) is 1.92. The number of fused-ring (bicyclic) bond motifs is 2. The molecule has 3 nitrogen and oxygen atoms in total. The fourth-order valence-corrected chi connectivity index (χ4v) is 2.79. The second kappa shape index (κ2) is 4.31. The number of benzene rings is 1. The summed E-state index contributed by atoms with van der Waals surface area (Å²) in [5, 5.41) is 9.34. The van der Waals surface area contributed by atoms with Gasteiger partial charge in [-0.05, 0) is 35.6 Å². The number of aromatic nitrogens is 3. The predicted octanol–water partition coefficient (Wildman–Crippen LogP) is 3.29. The molecule has 5 heteroatoms.